The van der Waals surface area contributed by atoms with Crippen LogP contribution in [0.5, 0.6) is 0 Å². The molecule has 0 aromatic carbocycles. The third kappa shape index (κ3) is 2.62. The number of amides is 2. The van der Waals surface area contributed by atoms with Crippen LogP contribution in [0.2, 0.25) is 0 Å². The number of allylic oxidation sites excluding steroid dienone is 2. The van der Waals surface area contributed by atoms with Crippen molar-refractivity contribution in [3.63, 3.8) is 0 Å². The van der Waals surface area contributed by atoms with Crippen LogP contribution in [0.15, 0.2) is 28.3 Å². The zero-order chi connectivity index (χ0) is 11.4. The number of likely N-dealkylation sites (N-methyl/N-ethyl adjacent to an activating group) is 1. The lowest BCUT2D eigenvalue weighted by Gasteiger charge is -2.17. The van der Waals surface area contributed by atoms with Gasteiger partial charge in [-0.3, -0.25) is 9.59 Å². The molecule has 0 bridgehead atoms. The van der Waals surface area contributed by atoms with Gasteiger partial charge in [0.15, 0.2) is 0 Å². The lowest BCUT2D eigenvalue weighted by Crippen LogP contribution is -2.25. The summed E-state index contributed by atoms with van der Waals surface area (Å²) >= 11 is 0. The Labute approximate surface area is 89.0 Å². The SMILES string of the molecule is CC1=CC(=NC=O)CC=C1C(=O)N(C)C. The van der Waals surface area contributed by atoms with Crippen LogP contribution in [-0.4, -0.2) is 37.0 Å². The fourth-order valence-electron chi connectivity index (χ4n) is 1.41. The average molecular weight is 206 g/mol. The molecule has 80 valence electrons. The molecule has 0 heterocycles. The first kappa shape index (κ1) is 11.4. The molecule has 2 amide bonds. The number of nitrogens with zero attached hydrogens (tertiary/aromatic N) is 2. The molecule has 1 aliphatic rings. The smallest absolute Gasteiger partial charge is 0.253 e. The average Bonchev–Trinajstić information content (AvgIpc) is 2.17. The van der Waals surface area contributed by atoms with E-state index < -0.39 is 0 Å². The van der Waals surface area contributed by atoms with Crippen molar-refractivity contribution < 1.29 is 9.59 Å². The standard InChI is InChI=1S/C11H14N2O2/c1-8-6-9(12-7-14)4-5-10(8)11(15)13(2)3/h5-7H,4H2,1-3H3. The molecule has 0 spiro atoms. The minimum absolute atomic E-state index is 0.0195. The molecule has 0 aromatic rings. The molecule has 0 radical (unpaired) electrons. The van der Waals surface area contributed by atoms with Gasteiger partial charge in [-0.25, -0.2) is 4.99 Å². The van der Waals surface area contributed by atoms with Gasteiger partial charge in [-0.1, -0.05) is 6.08 Å². The number of aliphatic imine (C=N–C) groups is 1. The van der Waals surface area contributed by atoms with Crippen molar-refractivity contribution in [3.8, 4) is 0 Å². The van der Waals surface area contributed by atoms with Crippen LogP contribution in [0.25, 0.3) is 0 Å². The Morgan fingerprint density at radius 2 is 2.20 bits per heavy atom. The van der Waals surface area contributed by atoms with Crippen LogP contribution in [0.4, 0.5) is 0 Å². The molecule has 0 unspecified atom stereocenters. The fourth-order valence-corrected chi connectivity index (χ4v) is 1.41. The van der Waals surface area contributed by atoms with Gasteiger partial charge in [0.1, 0.15) is 0 Å². The predicted molar refractivity (Wildman–Crippen MR) is 58.7 cm³/mol. The second-order valence-electron chi connectivity index (χ2n) is 3.57. The van der Waals surface area contributed by atoms with Crippen LogP contribution < -0.4 is 0 Å². The summed E-state index contributed by atoms with van der Waals surface area (Å²) in [6.45, 7) is 1.84. The van der Waals surface area contributed by atoms with E-state index in [0.717, 1.165) is 5.57 Å². The van der Waals surface area contributed by atoms with Crippen LogP contribution in [-0.2, 0) is 9.59 Å². The number of rotatable bonds is 2. The van der Waals surface area contributed by atoms with Crippen molar-refractivity contribution in [2.45, 2.75) is 13.3 Å². The van der Waals surface area contributed by atoms with E-state index >= 15 is 0 Å². The number of hydrogen-bond acceptors (Lipinski definition) is 2. The van der Waals surface area contributed by atoms with Gasteiger partial charge in [0, 0.05) is 31.8 Å². The summed E-state index contributed by atoms with van der Waals surface area (Å²) in [4.78, 5) is 27.1. The van der Waals surface area contributed by atoms with Gasteiger partial charge in [-0.05, 0) is 18.6 Å². The monoisotopic (exact) mass is 206 g/mol. The quantitative estimate of drug-likeness (QED) is 0.631. The first-order valence-corrected chi connectivity index (χ1v) is 4.67. The maximum absolute atomic E-state index is 11.7. The molecule has 0 atom stereocenters. The second kappa shape index (κ2) is 4.68. The third-order valence-electron chi connectivity index (χ3n) is 2.18. The molecule has 0 aliphatic heterocycles. The highest BCUT2D eigenvalue weighted by Crippen LogP contribution is 2.18. The van der Waals surface area contributed by atoms with Gasteiger partial charge in [-0.15, -0.1) is 0 Å². The van der Waals surface area contributed by atoms with Crippen molar-refractivity contribution in [2.24, 2.45) is 4.99 Å². The molecule has 0 N–H and O–H groups in total. The minimum Gasteiger partial charge on any atom is -0.345 e. The van der Waals surface area contributed by atoms with E-state index in [9.17, 15) is 9.59 Å². The molecule has 1 aliphatic carbocycles. The second-order valence-corrected chi connectivity index (χ2v) is 3.57. The summed E-state index contributed by atoms with van der Waals surface area (Å²) < 4.78 is 0. The molecule has 0 saturated heterocycles. The number of hydrogen-bond donors (Lipinski definition) is 0. The Morgan fingerprint density at radius 1 is 1.53 bits per heavy atom. The Balaban J connectivity index is 2.91. The highest BCUT2D eigenvalue weighted by molar-refractivity contribution is 6.07. The van der Waals surface area contributed by atoms with E-state index in [1.165, 1.54) is 4.90 Å². The van der Waals surface area contributed by atoms with E-state index in [-0.39, 0.29) is 5.91 Å². The van der Waals surface area contributed by atoms with Crippen molar-refractivity contribution in [1.29, 1.82) is 0 Å². The Kier molecular flexibility index (Phi) is 3.55. The van der Waals surface area contributed by atoms with Crippen LogP contribution in [0.3, 0.4) is 0 Å². The van der Waals surface area contributed by atoms with Gasteiger partial charge < -0.3 is 4.90 Å². The maximum Gasteiger partial charge on any atom is 0.253 e. The van der Waals surface area contributed by atoms with E-state index in [1.54, 1.807) is 26.2 Å². The summed E-state index contributed by atoms with van der Waals surface area (Å²) in [6.07, 6.45) is 4.63. The molecule has 0 aromatic heterocycles. The van der Waals surface area contributed by atoms with Crippen molar-refractivity contribution in [2.75, 3.05) is 14.1 Å². The molecule has 0 fully saturated rings. The molecule has 4 nitrogen and oxygen atoms in total. The normalized spacial score (nSPS) is 18.2. The van der Waals surface area contributed by atoms with E-state index in [4.69, 9.17) is 0 Å². The van der Waals surface area contributed by atoms with E-state index in [2.05, 4.69) is 4.99 Å². The Morgan fingerprint density at radius 3 is 2.67 bits per heavy atom. The van der Waals surface area contributed by atoms with Crippen LogP contribution in [0.1, 0.15) is 13.3 Å². The van der Waals surface area contributed by atoms with Crippen molar-refractivity contribution in [3.05, 3.63) is 23.3 Å². The van der Waals surface area contributed by atoms with Crippen molar-refractivity contribution in [1.82, 2.24) is 4.90 Å². The molecule has 0 saturated carbocycles. The zero-order valence-electron chi connectivity index (χ0n) is 9.15. The topological polar surface area (TPSA) is 49.7 Å². The largest absolute Gasteiger partial charge is 0.345 e. The molecule has 1 rings (SSSR count). The van der Waals surface area contributed by atoms with E-state index in [0.29, 0.717) is 24.1 Å². The Hall–Kier alpha value is -1.71. The van der Waals surface area contributed by atoms with Gasteiger partial charge in [0.05, 0.1) is 0 Å². The van der Waals surface area contributed by atoms with Gasteiger partial charge in [0.2, 0.25) is 6.41 Å². The maximum atomic E-state index is 11.7. The van der Waals surface area contributed by atoms with Gasteiger partial charge in [0.25, 0.3) is 5.91 Å². The number of carbonyl (C=O) groups excluding carboxylic acids is 2. The summed E-state index contributed by atoms with van der Waals surface area (Å²) in [6, 6.07) is 0. The molecular formula is C11H14N2O2. The van der Waals surface area contributed by atoms with Crippen LogP contribution >= 0.6 is 0 Å². The zero-order valence-corrected chi connectivity index (χ0v) is 9.15. The van der Waals surface area contributed by atoms with E-state index in [1.807, 2.05) is 6.92 Å². The first-order chi connectivity index (χ1) is 7.06. The molecule has 4 heteroatoms. The summed E-state index contributed by atoms with van der Waals surface area (Å²) in [7, 11) is 3.43. The van der Waals surface area contributed by atoms with Gasteiger partial charge >= 0.3 is 0 Å². The summed E-state index contributed by atoms with van der Waals surface area (Å²) in [5.74, 6) is -0.0195. The summed E-state index contributed by atoms with van der Waals surface area (Å²) in [5.41, 5.74) is 2.23. The lowest BCUT2D eigenvalue weighted by atomic mass is 9.97. The third-order valence-corrected chi connectivity index (χ3v) is 2.18. The van der Waals surface area contributed by atoms with Crippen LogP contribution in [0, 0.1) is 0 Å². The minimum atomic E-state index is -0.0195. The van der Waals surface area contributed by atoms with Crippen molar-refractivity contribution >= 4 is 18.0 Å². The highest BCUT2D eigenvalue weighted by Gasteiger charge is 2.16. The number of carbonyl (C=O) groups is 2. The van der Waals surface area contributed by atoms with Gasteiger partial charge in [-0.2, -0.15) is 0 Å². The molecule has 15 heavy (non-hydrogen) atoms. The first-order valence-electron chi connectivity index (χ1n) is 4.67. The lowest BCUT2D eigenvalue weighted by molar-refractivity contribution is -0.124. The fraction of sp³-hybridized carbons (Fsp3) is 0.364. The predicted octanol–water partition coefficient (Wildman–Crippen LogP) is 0.948. The molecular weight excluding hydrogens is 192 g/mol. The highest BCUT2D eigenvalue weighted by atomic mass is 16.2. The Bertz CT molecular complexity index is 376. The summed E-state index contributed by atoms with van der Waals surface area (Å²) in [5, 5.41) is 0.